The second-order valence-corrected chi connectivity index (χ2v) is 4.45. The molecule has 1 saturated heterocycles. The molecule has 0 saturated carbocycles. The number of nitrogens with zero attached hydrogens (tertiary/aromatic N) is 3. The number of likely N-dealkylation sites (tertiary alicyclic amines) is 1. The molecule has 2 aromatic heterocycles. The van der Waals surface area contributed by atoms with Crippen LogP contribution in [0.1, 0.15) is 24.4 Å². The normalized spacial score (nSPS) is 19.1. The van der Waals surface area contributed by atoms with Gasteiger partial charge in [-0.15, -0.1) is 0 Å². The molecule has 94 valence electrons. The minimum Gasteiger partial charge on any atom is -0.299 e. The number of hydrogen-bond acceptors (Lipinski definition) is 3. The monoisotopic (exact) mass is 241 g/mol. The fourth-order valence-corrected chi connectivity index (χ4v) is 2.22. The second kappa shape index (κ2) is 6.87. The fraction of sp³-hybridized carbons (Fsp3) is 0.333. The van der Waals surface area contributed by atoms with Gasteiger partial charge >= 0.3 is 0 Å². The highest BCUT2D eigenvalue weighted by molar-refractivity contribution is 5.14. The van der Waals surface area contributed by atoms with Gasteiger partial charge in [-0.3, -0.25) is 14.9 Å². The molecular weight excluding hydrogens is 222 g/mol. The lowest BCUT2D eigenvalue weighted by Gasteiger charge is -2.18. The summed E-state index contributed by atoms with van der Waals surface area (Å²) in [5, 5.41) is 0. The van der Waals surface area contributed by atoms with Crippen LogP contribution in [0.25, 0.3) is 0 Å². The lowest BCUT2D eigenvalue weighted by molar-refractivity contribution is 0.317. The Morgan fingerprint density at radius 3 is 2.28 bits per heavy atom. The molecule has 2 aromatic rings. The summed E-state index contributed by atoms with van der Waals surface area (Å²) in [5.74, 6) is 0. The molecule has 0 aromatic carbocycles. The predicted octanol–water partition coefficient (Wildman–Crippen LogP) is 2.93. The third-order valence-electron chi connectivity index (χ3n) is 3.16. The van der Waals surface area contributed by atoms with Crippen LogP contribution in [0.5, 0.6) is 0 Å². The van der Waals surface area contributed by atoms with Crippen LogP contribution in [0.2, 0.25) is 0 Å². The topological polar surface area (TPSA) is 29.0 Å². The van der Waals surface area contributed by atoms with Crippen LogP contribution >= 0.6 is 0 Å². The molecule has 0 N–H and O–H groups in total. The van der Waals surface area contributed by atoms with Gasteiger partial charge in [-0.25, -0.2) is 0 Å². The van der Waals surface area contributed by atoms with Crippen LogP contribution in [-0.4, -0.2) is 28.5 Å². The molecule has 1 atom stereocenters. The van der Waals surface area contributed by atoms with Gasteiger partial charge < -0.3 is 0 Å². The Kier molecular flexibility index (Phi) is 4.85. The van der Waals surface area contributed by atoms with Gasteiger partial charge in [0.25, 0.3) is 0 Å². The summed E-state index contributed by atoms with van der Waals surface area (Å²) in [6.45, 7) is 1.22. The number of hydrogen-bond donors (Lipinski definition) is 0. The number of pyridine rings is 2. The Balaban J connectivity index is 0.000000169. The van der Waals surface area contributed by atoms with Gasteiger partial charge in [-0.05, 0) is 50.2 Å². The molecule has 3 nitrogen and oxygen atoms in total. The number of rotatable bonds is 1. The van der Waals surface area contributed by atoms with Gasteiger partial charge in [0.15, 0.2) is 0 Å². The molecule has 3 heterocycles. The van der Waals surface area contributed by atoms with E-state index in [1.54, 1.807) is 12.4 Å². The van der Waals surface area contributed by atoms with Crippen LogP contribution in [0, 0.1) is 0 Å². The van der Waals surface area contributed by atoms with Gasteiger partial charge in [-0.2, -0.15) is 0 Å². The summed E-state index contributed by atoms with van der Waals surface area (Å²) in [4.78, 5) is 10.3. The standard InChI is InChI=1S/C10H14N2.C5H5N/c1-12-7-3-5-10(12)9-4-2-6-11-8-9;1-2-4-6-5-3-1/h2,4,6,8,10H,3,5,7H2,1H3;1-5H. The maximum atomic E-state index is 4.14. The van der Waals surface area contributed by atoms with E-state index in [0.29, 0.717) is 6.04 Å². The first-order chi connectivity index (χ1) is 8.88. The van der Waals surface area contributed by atoms with Crippen molar-refractivity contribution in [3.05, 3.63) is 60.7 Å². The number of aromatic nitrogens is 2. The van der Waals surface area contributed by atoms with Gasteiger partial charge in [-0.1, -0.05) is 12.1 Å². The van der Waals surface area contributed by atoms with Gasteiger partial charge in [0.1, 0.15) is 0 Å². The lowest BCUT2D eigenvalue weighted by Crippen LogP contribution is -2.17. The van der Waals surface area contributed by atoms with E-state index in [2.05, 4.69) is 28.0 Å². The van der Waals surface area contributed by atoms with Crippen LogP contribution in [-0.2, 0) is 0 Å². The van der Waals surface area contributed by atoms with Gasteiger partial charge in [0, 0.05) is 30.8 Å². The molecule has 1 aliphatic heterocycles. The van der Waals surface area contributed by atoms with Crippen molar-refractivity contribution < 1.29 is 0 Å². The average molecular weight is 241 g/mol. The Morgan fingerprint density at radius 1 is 1.06 bits per heavy atom. The van der Waals surface area contributed by atoms with E-state index in [-0.39, 0.29) is 0 Å². The average Bonchev–Trinajstić information content (AvgIpc) is 2.89. The minimum atomic E-state index is 0.610. The van der Waals surface area contributed by atoms with Crippen LogP contribution in [0.4, 0.5) is 0 Å². The van der Waals surface area contributed by atoms with E-state index in [0.717, 1.165) is 0 Å². The van der Waals surface area contributed by atoms with Crippen LogP contribution in [0.3, 0.4) is 0 Å². The SMILES string of the molecule is CN1CCCC1c1cccnc1.c1ccncc1. The highest BCUT2D eigenvalue weighted by Crippen LogP contribution is 2.29. The van der Waals surface area contributed by atoms with E-state index < -0.39 is 0 Å². The molecular formula is C15H19N3. The Morgan fingerprint density at radius 2 is 1.83 bits per heavy atom. The fourth-order valence-electron chi connectivity index (χ4n) is 2.22. The zero-order chi connectivity index (χ0) is 12.6. The van der Waals surface area contributed by atoms with Crippen molar-refractivity contribution in [1.29, 1.82) is 0 Å². The van der Waals surface area contributed by atoms with Gasteiger partial charge in [0.05, 0.1) is 0 Å². The third-order valence-corrected chi connectivity index (χ3v) is 3.16. The first-order valence-corrected chi connectivity index (χ1v) is 6.33. The summed E-state index contributed by atoms with van der Waals surface area (Å²) in [7, 11) is 2.19. The van der Waals surface area contributed by atoms with E-state index >= 15 is 0 Å². The van der Waals surface area contributed by atoms with Crippen molar-refractivity contribution in [1.82, 2.24) is 14.9 Å². The van der Waals surface area contributed by atoms with E-state index in [9.17, 15) is 0 Å². The third kappa shape index (κ3) is 3.64. The summed E-state index contributed by atoms with van der Waals surface area (Å²) in [5.41, 5.74) is 1.36. The highest BCUT2D eigenvalue weighted by atomic mass is 15.1. The maximum absolute atomic E-state index is 4.14. The Labute approximate surface area is 109 Å². The zero-order valence-electron chi connectivity index (χ0n) is 10.7. The van der Waals surface area contributed by atoms with Crippen molar-refractivity contribution in [2.75, 3.05) is 13.6 Å². The van der Waals surface area contributed by atoms with E-state index in [4.69, 9.17) is 0 Å². The highest BCUT2D eigenvalue weighted by Gasteiger charge is 2.21. The van der Waals surface area contributed by atoms with Crippen molar-refractivity contribution in [2.45, 2.75) is 18.9 Å². The second-order valence-electron chi connectivity index (χ2n) is 4.45. The van der Waals surface area contributed by atoms with Crippen molar-refractivity contribution in [2.24, 2.45) is 0 Å². The molecule has 1 aliphatic rings. The molecule has 0 radical (unpaired) electrons. The van der Waals surface area contributed by atoms with Crippen LogP contribution in [0.15, 0.2) is 55.1 Å². The Hall–Kier alpha value is -1.74. The molecule has 1 unspecified atom stereocenters. The summed E-state index contributed by atoms with van der Waals surface area (Å²) in [6, 6.07) is 10.5. The summed E-state index contributed by atoms with van der Waals surface area (Å²) in [6.07, 6.45) is 9.91. The maximum Gasteiger partial charge on any atom is 0.0360 e. The predicted molar refractivity (Wildman–Crippen MR) is 73.1 cm³/mol. The summed E-state index contributed by atoms with van der Waals surface area (Å²) >= 11 is 0. The zero-order valence-corrected chi connectivity index (χ0v) is 10.7. The molecule has 0 aliphatic carbocycles. The molecule has 18 heavy (non-hydrogen) atoms. The first kappa shape index (κ1) is 12.7. The van der Waals surface area contributed by atoms with Crippen molar-refractivity contribution in [3.8, 4) is 0 Å². The molecule has 3 rings (SSSR count). The molecule has 3 heteroatoms. The quantitative estimate of drug-likeness (QED) is 0.768. The van der Waals surface area contributed by atoms with Gasteiger partial charge in [0.2, 0.25) is 0 Å². The lowest BCUT2D eigenvalue weighted by atomic mass is 10.1. The van der Waals surface area contributed by atoms with E-state index in [1.807, 2.05) is 36.7 Å². The molecule has 0 bridgehead atoms. The van der Waals surface area contributed by atoms with Crippen LogP contribution < -0.4 is 0 Å². The molecule has 0 spiro atoms. The first-order valence-electron chi connectivity index (χ1n) is 6.33. The Bertz CT molecular complexity index is 403. The van der Waals surface area contributed by atoms with Crippen molar-refractivity contribution in [3.63, 3.8) is 0 Å². The largest absolute Gasteiger partial charge is 0.299 e. The molecule has 0 amide bonds. The minimum absolute atomic E-state index is 0.610. The molecule has 1 fully saturated rings. The van der Waals surface area contributed by atoms with Crippen molar-refractivity contribution >= 4 is 0 Å². The smallest absolute Gasteiger partial charge is 0.0360 e. The van der Waals surface area contributed by atoms with E-state index in [1.165, 1.54) is 24.9 Å². The summed E-state index contributed by atoms with van der Waals surface area (Å²) < 4.78 is 0.